The fourth-order valence-corrected chi connectivity index (χ4v) is 11.9. The van der Waals surface area contributed by atoms with Crippen LogP contribution in [0, 0.1) is 27.7 Å². The van der Waals surface area contributed by atoms with Gasteiger partial charge in [0.15, 0.2) is 0 Å². The molecule has 2 aliphatic rings. The summed E-state index contributed by atoms with van der Waals surface area (Å²) in [5.41, 5.74) is 21.8. The van der Waals surface area contributed by atoms with Crippen molar-refractivity contribution in [2.45, 2.75) is 33.1 Å². The van der Waals surface area contributed by atoms with Crippen molar-refractivity contribution in [2.75, 3.05) is 9.80 Å². The van der Waals surface area contributed by atoms with Gasteiger partial charge < -0.3 is 9.80 Å². The molecule has 318 valence electrons. The average Bonchev–Trinajstić information content (AvgIpc) is 3.85. The van der Waals surface area contributed by atoms with Gasteiger partial charge in [-0.1, -0.05) is 164 Å². The molecular weight excluding hydrogens is 809 g/mol. The number of aryl methyl sites for hydroxylation is 4. The van der Waals surface area contributed by atoms with E-state index < -0.39 is 5.41 Å². The first-order valence-electron chi connectivity index (χ1n) is 23.5. The van der Waals surface area contributed by atoms with E-state index >= 15 is 0 Å². The van der Waals surface area contributed by atoms with Crippen LogP contribution in [0.1, 0.15) is 44.5 Å². The van der Waals surface area contributed by atoms with Crippen molar-refractivity contribution >= 4 is 66.4 Å². The molecule has 1 spiro atoms. The second-order valence-corrected chi connectivity index (χ2v) is 18.7. The number of fused-ring (bicyclic) bond motifs is 17. The smallest absolute Gasteiger partial charge is 0.0737 e. The number of anilines is 6. The zero-order chi connectivity index (χ0) is 45.0. The lowest BCUT2D eigenvalue weighted by molar-refractivity contribution is 0.809. The molecule has 2 aliphatic carbocycles. The van der Waals surface area contributed by atoms with Crippen molar-refractivity contribution in [1.29, 1.82) is 0 Å². The molecule has 0 aliphatic heterocycles. The maximum absolute atomic E-state index is 2.55. The van der Waals surface area contributed by atoms with Crippen molar-refractivity contribution in [1.82, 2.24) is 0 Å². The van der Waals surface area contributed by atoms with Gasteiger partial charge in [-0.15, -0.1) is 0 Å². The van der Waals surface area contributed by atoms with Crippen LogP contribution in [0.5, 0.6) is 0 Å². The van der Waals surface area contributed by atoms with Crippen LogP contribution in [0.4, 0.5) is 34.1 Å². The maximum Gasteiger partial charge on any atom is 0.0737 e. The van der Waals surface area contributed by atoms with Crippen molar-refractivity contribution in [3.05, 3.63) is 263 Å². The van der Waals surface area contributed by atoms with E-state index in [4.69, 9.17) is 0 Å². The molecule has 0 atom stereocenters. The minimum atomic E-state index is -0.608. The number of nitrogens with zero attached hydrogens (tertiary/aromatic N) is 2. The maximum atomic E-state index is 2.55. The number of hydrogen-bond donors (Lipinski definition) is 0. The quantitative estimate of drug-likeness (QED) is 0.154. The highest BCUT2D eigenvalue weighted by molar-refractivity contribution is 6.23. The van der Waals surface area contributed by atoms with Crippen LogP contribution in [0.15, 0.2) is 218 Å². The van der Waals surface area contributed by atoms with Crippen molar-refractivity contribution in [3.8, 4) is 22.3 Å². The highest BCUT2D eigenvalue weighted by Crippen LogP contribution is 2.67. The first kappa shape index (κ1) is 39.2. The number of para-hydroxylation sites is 2. The van der Waals surface area contributed by atoms with Crippen molar-refractivity contribution in [2.24, 2.45) is 0 Å². The van der Waals surface area contributed by atoms with Crippen LogP contribution < -0.4 is 9.80 Å². The molecule has 0 N–H and O–H groups in total. The van der Waals surface area contributed by atoms with Gasteiger partial charge in [-0.05, 0) is 176 Å². The highest BCUT2D eigenvalue weighted by atomic mass is 15.2. The first-order valence-corrected chi connectivity index (χ1v) is 23.5. The summed E-state index contributed by atoms with van der Waals surface area (Å²) in [6.45, 7) is 8.85. The van der Waals surface area contributed by atoms with Crippen LogP contribution in [0.3, 0.4) is 0 Å². The molecule has 0 heterocycles. The van der Waals surface area contributed by atoms with Crippen LogP contribution >= 0.6 is 0 Å². The Morgan fingerprint density at radius 3 is 1.42 bits per heavy atom. The first-order chi connectivity index (χ1) is 32.9. The Kier molecular flexibility index (Phi) is 8.73. The topological polar surface area (TPSA) is 6.48 Å². The van der Waals surface area contributed by atoms with E-state index in [0.29, 0.717) is 0 Å². The molecule has 2 nitrogen and oxygen atoms in total. The molecule has 67 heavy (non-hydrogen) atoms. The molecule has 0 fully saturated rings. The van der Waals surface area contributed by atoms with E-state index in [-0.39, 0.29) is 0 Å². The molecule has 11 aromatic carbocycles. The van der Waals surface area contributed by atoms with Gasteiger partial charge in [0.1, 0.15) is 0 Å². The van der Waals surface area contributed by atoms with Gasteiger partial charge in [-0.2, -0.15) is 0 Å². The Hall–Kier alpha value is -8.20. The van der Waals surface area contributed by atoms with Gasteiger partial charge in [-0.3, -0.25) is 0 Å². The van der Waals surface area contributed by atoms with Crippen LogP contribution in [-0.2, 0) is 5.41 Å². The summed E-state index contributed by atoms with van der Waals surface area (Å²) in [5, 5.41) is 7.52. The lowest BCUT2D eigenvalue weighted by Gasteiger charge is -2.34. The van der Waals surface area contributed by atoms with Crippen molar-refractivity contribution < 1.29 is 0 Å². The van der Waals surface area contributed by atoms with E-state index in [2.05, 4.69) is 256 Å². The number of benzene rings is 11. The molecule has 0 saturated heterocycles. The molecule has 0 bridgehead atoms. The molecule has 2 heteroatoms. The van der Waals surface area contributed by atoms with Crippen LogP contribution in [0.25, 0.3) is 54.6 Å². The third kappa shape index (κ3) is 5.63. The Labute approximate surface area is 392 Å². The van der Waals surface area contributed by atoms with Gasteiger partial charge >= 0.3 is 0 Å². The van der Waals surface area contributed by atoms with E-state index in [1.807, 2.05) is 0 Å². The molecule has 13 rings (SSSR count). The average molecular weight is 857 g/mol. The predicted octanol–water partition coefficient (Wildman–Crippen LogP) is 17.7. The number of hydrogen-bond acceptors (Lipinski definition) is 2. The van der Waals surface area contributed by atoms with Gasteiger partial charge in [0, 0.05) is 33.8 Å². The summed E-state index contributed by atoms with van der Waals surface area (Å²) < 4.78 is 0. The largest absolute Gasteiger partial charge is 0.310 e. The van der Waals surface area contributed by atoms with Crippen molar-refractivity contribution in [3.63, 3.8) is 0 Å². The Morgan fingerprint density at radius 1 is 0.299 bits per heavy atom. The van der Waals surface area contributed by atoms with Crippen LogP contribution in [-0.4, -0.2) is 0 Å². The lowest BCUT2D eigenvalue weighted by Crippen LogP contribution is -2.27. The minimum absolute atomic E-state index is 0.608. The van der Waals surface area contributed by atoms with E-state index in [1.54, 1.807) is 0 Å². The molecule has 11 aromatic rings. The lowest BCUT2D eigenvalue weighted by atomic mass is 9.68. The van der Waals surface area contributed by atoms with Gasteiger partial charge in [0.05, 0.1) is 11.1 Å². The second kappa shape index (κ2) is 14.9. The summed E-state index contributed by atoms with van der Waals surface area (Å²) in [6.07, 6.45) is 0. The molecule has 0 amide bonds. The second-order valence-electron chi connectivity index (χ2n) is 18.7. The van der Waals surface area contributed by atoms with E-state index in [9.17, 15) is 0 Å². The summed E-state index contributed by atoms with van der Waals surface area (Å²) in [5.74, 6) is 0. The number of rotatable bonds is 6. The monoisotopic (exact) mass is 856 g/mol. The normalized spacial score (nSPS) is 12.9. The van der Waals surface area contributed by atoms with E-state index in [1.165, 1.54) is 116 Å². The Balaban J connectivity index is 1.20. The van der Waals surface area contributed by atoms with Gasteiger partial charge in [0.25, 0.3) is 0 Å². The highest BCUT2D eigenvalue weighted by Gasteiger charge is 2.54. The Morgan fingerprint density at radius 2 is 0.791 bits per heavy atom. The summed E-state index contributed by atoms with van der Waals surface area (Å²) in [4.78, 5) is 4.95. The zero-order valence-electron chi connectivity index (χ0n) is 38.2. The van der Waals surface area contributed by atoms with E-state index in [0.717, 1.165) is 17.1 Å². The summed E-state index contributed by atoms with van der Waals surface area (Å²) in [7, 11) is 0. The minimum Gasteiger partial charge on any atom is -0.310 e. The third-order valence-electron chi connectivity index (χ3n) is 14.7. The Bertz CT molecular complexity index is 3760. The molecule has 0 aromatic heterocycles. The third-order valence-corrected chi connectivity index (χ3v) is 14.7. The fourth-order valence-electron chi connectivity index (χ4n) is 11.9. The summed E-state index contributed by atoms with van der Waals surface area (Å²) >= 11 is 0. The fraction of sp³-hybridized carbons (Fsp3) is 0.0769. The molecule has 0 saturated carbocycles. The molecular formula is C65H48N2. The zero-order valence-corrected chi connectivity index (χ0v) is 38.2. The predicted molar refractivity (Wildman–Crippen MR) is 284 cm³/mol. The molecule has 0 unspecified atom stereocenters. The van der Waals surface area contributed by atoms with Gasteiger partial charge in [0.2, 0.25) is 0 Å². The molecule has 0 radical (unpaired) electrons. The van der Waals surface area contributed by atoms with Crippen LogP contribution in [0.2, 0.25) is 0 Å². The van der Waals surface area contributed by atoms with Gasteiger partial charge in [-0.25, -0.2) is 0 Å². The summed E-state index contributed by atoms with van der Waals surface area (Å²) in [6, 6.07) is 82.1. The SMILES string of the molecule is Cc1ccc(C)c(N(c2ccccc2)c2ccc3c4c(c5ccccc5c3c2)-c2cc(N(c3ccccc3)c3cc(C)ccc3C)c3ccccc3c2C42c3ccccc3-c3ccccc32)c1. The standard InChI is InChI=1S/C65H48N2/c1-41-31-33-43(3)59(37-41)66(45-19-7-5-8-20-45)47-35-36-54-55(39-47)48-23-11-13-27-52(48)62-56-40-61(67(46-21-9-6-10-22-46)60-38-42(2)32-34-44(60)4)51-26-12-14-28-53(51)63(56)65(64(54)62)57-29-17-15-24-49(57)50-25-16-18-30-58(50)65/h5-40H,1-4H3.